The SMILES string of the molecule is COc1ccccc1/C=N\Nc1nnc2c3ccccc3n(Cc3ccccc3)c2n1. The molecule has 0 fully saturated rings. The summed E-state index contributed by atoms with van der Waals surface area (Å²) in [6.45, 7) is 0.688. The third-order valence-corrected chi connectivity index (χ3v) is 5.06. The monoisotopic (exact) mass is 408 g/mol. The van der Waals surface area contributed by atoms with Gasteiger partial charge in [-0.3, -0.25) is 0 Å². The van der Waals surface area contributed by atoms with Crippen molar-refractivity contribution in [2.45, 2.75) is 6.54 Å². The summed E-state index contributed by atoms with van der Waals surface area (Å²) in [5.74, 6) is 1.07. The van der Waals surface area contributed by atoms with Crippen LogP contribution in [0.3, 0.4) is 0 Å². The van der Waals surface area contributed by atoms with Gasteiger partial charge in [0.15, 0.2) is 5.65 Å². The average molecular weight is 408 g/mol. The minimum absolute atomic E-state index is 0.329. The lowest BCUT2D eigenvalue weighted by Gasteiger charge is -2.07. The van der Waals surface area contributed by atoms with Gasteiger partial charge in [0, 0.05) is 17.5 Å². The number of hydrazone groups is 1. The number of hydrogen-bond acceptors (Lipinski definition) is 6. The minimum Gasteiger partial charge on any atom is -0.496 e. The lowest BCUT2D eigenvalue weighted by atomic mass is 10.2. The van der Waals surface area contributed by atoms with Gasteiger partial charge in [0.2, 0.25) is 0 Å². The lowest BCUT2D eigenvalue weighted by Crippen LogP contribution is -2.04. The standard InChI is InChI=1S/C24H20N6O/c1-31-21-14-8-5-11-18(21)15-25-28-24-26-23-22(27-29-24)19-12-6-7-13-20(19)30(23)16-17-9-3-2-4-10-17/h2-15H,16H2,1H3,(H,26,28,29)/b25-15-. The van der Waals surface area contributed by atoms with E-state index in [4.69, 9.17) is 9.72 Å². The first-order valence-electron chi connectivity index (χ1n) is 9.91. The number of benzene rings is 3. The summed E-state index contributed by atoms with van der Waals surface area (Å²) in [4.78, 5) is 4.72. The summed E-state index contributed by atoms with van der Waals surface area (Å²) in [6.07, 6.45) is 1.67. The molecule has 0 radical (unpaired) electrons. The third kappa shape index (κ3) is 3.69. The molecule has 3 aromatic carbocycles. The molecule has 0 aliphatic heterocycles. The van der Waals surface area contributed by atoms with Crippen molar-refractivity contribution in [2.75, 3.05) is 12.5 Å². The summed E-state index contributed by atoms with van der Waals surface area (Å²) < 4.78 is 7.50. The number of methoxy groups -OCH3 is 1. The number of rotatable bonds is 6. The molecule has 0 bridgehead atoms. The zero-order valence-corrected chi connectivity index (χ0v) is 16.9. The zero-order valence-electron chi connectivity index (χ0n) is 16.9. The van der Waals surface area contributed by atoms with E-state index in [1.165, 1.54) is 5.56 Å². The van der Waals surface area contributed by atoms with Gasteiger partial charge < -0.3 is 9.30 Å². The summed E-state index contributed by atoms with van der Waals surface area (Å²) in [5, 5.41) is 13.9. The van der Waals surface area contributed by atoms with Gasteiger partial charge in [-0.25, -0.2) is 5.43 Å². The van der Waals surface area contributed by atoms with E-state index < -0.39 is 0 Å². The Bertz CT molecular complexity index is 1380. The molecular weight excluding hydrogens is 388 g/mol. The van der Waals surface area contributed by atoms with Crippen LogP contribution in [-0.2, 0) is 6.54 Å². The Hall–Kier alpha value is -4.26. The minimum atomic E-state index is 0.329. The molecule has 0 saturated heterocycles. The van der Waals surface area contributed by atoms with Crippen LogP contribution >= 0.6 is 0 Å². The quantitative estimate of drug-likeness (QED) is 0.331. The van der Waals surface area contributed by atoms with E-state index in [2.05, 4.69) is 43.5 Å². The fourth-order valence-electron chi connectivity index (χ4n) is 3.61. The van der Waals surface area contributed by atoms with Crippen LogP contribution in [0.5, 0.6) is 5.75 Å². The molecule has 7 heteroatoms. The smallest absolute Gasteiger partial charge is 0.265 e. The Kier molecular flexibility index (Phi) is 4.98. The van der Waals surface area contributed by atoms with Gasteiger partial charge in [0.25, 0.3) is 5.95 Å². The van der Waals surface area contributed by atoms with E-state index in [-0.39, 0.29) is 0 Å². The summed E-state index contributed by atoms with van der Waals surface area (Å²) in [6, 6.07) is 26.1. The largest absolute Gasteiger partial charge is 0.496 e. The highest BCUT2D eigenvalue weighted by Gasteiger charge is 2.14. The average Bonchev–Trinajstić information content (AvgIpc) is 3.13. The number of nitrogens with zero attached hydrogens (tertiary/aromatic N) is 5. The van der Waals surface area contributed by atoms with Gasteiger partial charge in [-0.05, 0) is 23.8 Å². The molecule has 2 heterocycles. The van der Waals surface area contributed by atoms with Crippen LogP contribution in [0, 0.1) is 0 Å². The molecule has 0 saturated carbocycles. The maximum absolute atomic E-state index is 5.35. The van der Waals surface area contributed by atoms with Crippen molar-refractivity contribution in [3.05, 3.63) is 90.0 Å². The maximum Gasteiger partial charge on any atom is 0.265 e. The first kappa shape index (κ1) is 18.7. The third-order valence-electron chi connectivity index (χ3n) is 5.06. The van der Waals surface area contributed by atoms with Crippen LogP contribution in [0.15, 0.2) is 84.0 Å². The Morgan fingerprint density at radius 1 is 0.935 bits per heavy atom. The molecule has 1 N–H and O–H groups in total. The molecule has 2 aromatic heterocycles. The second-order valence-electron chi connectivity index (χ2n) is 7.01. The molecule has 7 nitrogen and oxygen atoms in total. The van der Waals surface area contributed by atoms with Crippen molar-refractivity contribution in [3.63, 3.8) is 0 Å². The molecule has 5 aromatic rings. The fraction of sp³-hybridized carbons (Fsp3) is 0.0833. The van der Waals surface area contributed by atoms with Crippen molar-refractivity contribution < 1.29 is 4.74 Å². The summed E-state index contributed by atoms with van der Waals surface area (Å²) in [7, 11) is 1.63. The summed E-state index contributed by atoms with van der Waals surface area (Å²) >= 11 is 0. The molecule has 0 unspecified atom stereocenters. The Morgan fingerprint density at radius 2 is 1.71 bits per heavy atom. The van der Waals surface area contributed by atoms with Crippen LogP contribution in [-0.4, -0.2) is 33.1 Å². The van der Waals surface area contributed by atoms with Gasteiger partial charge in [-0.1, -0.05) is 60.7 Å². The first-order valence-corrected chi connectivity index (χ1v) is 9.91. The molecule has 0 atom stereocenters. The van der Waals surface area contributed by atoms with E-state index in [0.717, 1.165) is 33.4 Å². The van der Waals surface area contributed by atoms with Gasteiger partial charge in [0.1, 0.15) is 11.3 Å². The lowest BCUT2D eigenvalue weighted by molar-refractivity contribution is 0.414. The second-order valence-corrected chi connectivity index (χ2v) is 7.01. The predicted octanol–water partition coefficient (Wildman–Crippen LogP) is 4.48. The highest BCUT2D eigenvalue weighted by atomic mass is 16.5. The van der Waals surface area contributed by atoms with Gasteiger partial charge in [0.05, 0.1) is 18.8 Å². The topological polar surface area (TPSA) is 77.2 Å². The molecule has 152 valence electrons. The summed E-state index contributed by atoms with van der Waals surface area (Å²) in [5.41, 5.74) is 7.52. The highest BCUT2D eigenvalue weighted by Crippen LogP contribution is 2.27. The normalized spacial score (nSPS) is 11.4. The van der Waals surface area contributed by atoms with Crippen molar-refractivity contribution >= 4 is 34.2 Å². The first-order chi connectivity index (χ1) is 15.3. The molecule has 0 amide bonds. The number of para-hydroxylation sites is 2. The van der Waals surface area contributed by atoms with E-state index in [9.17, 15) is 0 Å². The van der Waals surface area contributed by atoms with Gasteiger partial charge in [-0.15, -0.1) is 10.2 Å². The van der Waals surface area contributed by atoms with Crippen LogP contribution in [0.1, 0.15) is 11.1 Å². The Labute approximate surface area is 179 Å². The van der Waals surface area contributed by atoms with Gasteiger partial charge >= 0.3 is 0 Å². The van der Waals surface area contributed by atoms with Gasteiger partial charge in [-0.2, -0.15) is 10.1 Å². The number of anilines is 1. The van der Waals surface area contributed by atoms with E-state index in [1.54, 1.807) is 13.3 Å². The fourth-order valence-corrected chi connectivity index (χ4v) is 3.61. The van der Waals surface area contributed by atoms with Crippen molar-refractivity contribution in [3.8, 4) is 5.75 Å². The van der Waals surface area contributed by atoms with Crippen LogP contribution in [0.2, 0.25) is 0 Å². The predicted molar refractivity (Wildman–Crippen MR) is 123 cm³/mol. The maximum atomic E-state index is 5.35. The van der Waals surface area contributed by atoms with E-state index in [0.29, 0.717) is 12.5 Å². The molecular formula is C24H20N6O. The second kappa shape index (κ2) is 8.23. The van der Waals surface area contributed by atoms with Crippen LogP contribution in [0.4, 0.5) is 5.95 Å². The highest BCUT2D eigenvalue weighted by molar-refractivity contribution is 6.04. The number of ether oxygens (including phenoxy) is 1. The molecule has 0 aliphatic carbocycles. The van der Waals surface area contributed by atoms with Crippen molar-refractivity contribution in [1.82, 2.24) is 19.7 Å². The van der Waals surface area contributed by atoms with Crippen molar-refractivity contribution in [2.24, 2.45) is 5.10 Å². The van der Waals surface area contributed by atoms with E-state index in [1.807, 2.05) is 60.7 Å². The Morgan fingerprint density at radius 3 is 2.58 bits per heavy atom. The zero-order chi connectivity index (χ0) is 21.0. The van der Waals surface area contributed by atoms with Crippen LogP contribution < -0.4 is 10.2 Å². The molecule has 0 aliphatic rings. The van der Waals surface area contributed by atoms with E-state index >= 15 is 0 Å². The number of hydrogen-bond donors (Lipinski definition) is 1. The molecule has 5 rings (SSSR count). The molecule has 0 spiro atoms. The van der Waals surface area contributed by atoms with Crippen molar-refractivity contribution in [1.29, 1.82) is 0 Å². The molecule has 31 heavy (non-hydrogen) atoms. The van der Waals surface area contributed by atoms with Crippen LogP contribution in [0.25, 0.3) is 22.1 Å². The number of nitrogens with one attached hydrogen (secondary N) is 1. The number of fused-ring (bicyclic) bond motifs is 3. The number of aromatic nitrogens is 4. The Balaban J connectivity index is 1.52.